The minimum atomic E-state index is -0.359. The number of hydrogen-bond donors (Lipinski definition) is 2. The average Bonchev–Trinajstić information content (AvgIpc) is 2.80. The number of hydrogen-bond acceptors (Lipinski definition) is 7. The van der Waals surface area contributed by atoms with Crippen LogP contribution in [0.15, 0.2) is 58.5 Å². The molecule has 9 heteroatoms. The maximum absolute atomic E-state index is 13.8. The molecule has 0 radical (unpaired) electrons. The lowest BCUT2D eigenvalue weighted by Gasteiger charge is -2.24. The molecule has 0 fully saturated rings. The fourth-order valence-electron chi connectivity index (χ4n) is 4.15. The molecule has 34 heavy (non-hydrogen) atoms. The van der Waals surface area contributed by atoms with Crippen molar-refractivity contribution in [2.75, 3.05) is 11.1 Å². The summed E-state index contributed by atoms with van der Waals surface area (Å²) in [6.45, 7) is 5.79. The van der Waals surface area contributed by atoms with Crippen molar-refractivity contribution in [3.8, 4) is 17.2 Å². The first-order valence-corrected chi connectivity index (χ1v) is 10.8. The molecule has 0 bridgehead atoms. The van der Waals surface area contributed by atoms with Crippen molar-refractivity contribution in [1.29, 1.82) is 5.26 Å². The summed E-state index contributed by atoms with van der Waals surface area (Å²) in [5.41, 5.74) is 8.02. The van der Waals surface area contributed by atoms with Gasteiger partial charge in [0.2, 0.25) is 5.56 Å². The quantitative estimate of drug-likeness (QED) is 0.471. The van der Waals surface area contributed by atoms with Crippen LogP contribution < -0.4 is 22.2 Å². The highest BCUT2D eigenvalue weighted by Crippen LogP contribution is 2.30. The summed E-state index contributed by atoms with van der Waals surface area (Å²) >= 11 is 0. The zero-order valence-corrected chi connectivity index (χ0v) is 19.4. The van der Waals surface area contributed by atoms with Crippen LogP contribution in [0.5, 0.6) is 0 Å². The van der Waals surface area contributed by atoms with E-state index in [0.717, 1.165) is 22.2 Å². The standard InChI is InChI=1S/C25H25N7O2/c1-14(2)32-20(15(3)30-24-19(11-26)23(27)28-13-29-24)10-16-6-5-7-18(22(16)25(32)34)17-8-9-21(33)31(4)12-17/h5-10,12-15H,1-4H3,(H3,27,28,29,30)/t15-/m1/s1. The van der Waals surface area contributed by atoms with Crippen LogP contribution in [-0.4, -0.2) is 19.1 Å². The number of nitrogen functional groups attached to an aromatic ring is 1. The Kier molecular flexibility index (Phi) is 5.90. The summed E-state index contributed by atoms with van der Waals surface area (Å²) in [5.74, 6) is 0.401. The molecule has 0 aliphatic carbocycles. The molecule has 3 heterocycles. The molecule has 1 atom stereocenters. The first-order valence-electron chi connectivity index (χ1n) is 10.8. The highest BCUT2D eigenvalue weighted by atomic mass is 16.1. The van der Waals surface area contributed by atoms with Crippen molar-refractivity contribution in [3.05, 3.63) is 80.9 Å². The summed E-state index contributed by atoms with van der Waals surface area (Å²) in [7, 11) is 1.68. The molecule has 0 spiro atoms. The zero-order chi connectivity index (χ0) is 24.6. The monoisotopic (exact) mass is 455 g/mol. The molecular formula is C25H25N7O2. The number of anilines is 2. The lowest BCUT2D eigenvalue weighted by Crippen LogP contribution is -2.29. The van der Waals surface area contributed by atoms with Crippen molar-refractivity contribution in [2.24, 2.45) is 7.05 Å². The third-order valence-corrected chi connectivity index (χ3v) is 5.81. The molecule has 9 nitrogen and oxygen atoms in total. The number of rotatable bonds is 5. The first-order chi connectivity index (χ1) is 16.2. The van der Waals surface area contributed by atoms with Gasteiger partial charge < -0.3 is 20.2 Å². The van der Waals surface area contributed by atoms with Crippen LogP contribution in [0.3, 0.4) is 0 Å². The Morgan fingerprint density at radius 3 is 2.56 bits per heavy atom. The predicted octanol–water partition coefficient (Wildman–Crippen LogP) is 3.37. The Labute approximate surface area is 196 Å². The van der Waals surface area contributed by atoms with Gasteiger partial charge in [-0.3, -0.25) is 9.59 Å². The van der Waals surface area contributed by atoms with Crippen LogP contribution in [0.2, 0.25) is 0 Å². The number of benzene rings is 1. The van der Waals surface area contributed by atoms with Crippen molar-refractivity contribution in [2.45, 2.75) is 32.9 Å². The molecule has 0 aliphatic heterocycles. The van der Waals surface area contributed by atoms with Crippen LogP contribution in [0.4, 0.5) is 11.6 Å². The summed E-state index contributed by atoms with van der Waals surface area (Å²) in [4.78, 5) is 33.7. The molecule has 3 N–H and O–H groups in total. The molecule has 3 aromatic heterocycles. The van der Waals surface area contributed by atoms with Gasteiger partial charge in [0.15, 0.2) is 0 Å². The number of nitrogens with one attached hydrogen (secondary N) is 1. The number of nitrogens with two attached hydrogens (primary N) is 1. The van der Waals surface area contributed by atoms with E-state index in [1.165, 1.54) is 17.0 Å². The maximum Gasteiger partial charge on any atom is 0.259 e. The Hall–Kier alpha value is -4.45. The number of nitrogens with zero attached hydrogens (tertiary/aromatic N) is 5. The largest absolute Gasteiger partial charge is 0.382 e. The van der Waals surface area contributed by atoms with E-state index in [1.54, 1.807) is 23.9 Å². The fraction of sp³-hybridized carbons (Fsp3) is 0.240. The molecular weight excluding hydrogens is 430 g/mol. The van der Waals surface area contributed by atoms with Gasteiger partial charge in [-0.2, -0.15) is 5.26 Å². The lowest BCUT2D eigenvalue weighted by atomic mass is 9.98. The van der Waals surface area contributed by atoms with Crippen molar-refractivity contribution >= 4 is 22.4 Å². The molecule has 1 aromatic carbocycles. The third-order valence-electron chi connectivity index (χ3n) is 5.81. The topological polar surface area (TPSA) is 132 Å². The van der Waals surface area contributed by atoms with Gasteiger partial charge in [-0.05, 0) is 49.4 Å². The summed E-state index contributed by atoms with van der Waals surface area (Å²) in [6, 6.07) is 12.4. The van der Waals surface area contributed by atoms with Gasteiger partial charge in [-0.15, -0.1) is 0 Å². The van der Waals surface area contributed by atoms with E-state index in [2.05, 4.69) is 15.3 Å². The van der Waals surface area contributed by atoms with Crippen LogP contribution >= 0.6 is 0 Å². The lowest BCUT2D eigenvalue weighted by molar-refractivity contribution is 0.541. The molecule has 0 aliphatic rings. The molecule has 0 saturated carbocycles. The Morgan fingerprint density at radius 1 is 1.12 bits per heavy atom. The second-order valence-corrected chi connectivity index (χ2v) is 8.44. The Balaban J connectivity index is 1.91. The van der Waals surface area contributed by atoms with Crippen LogP contribution in [0.1, 0.15) is 44.1 Å². The number of aryl methyl sites for hydroxylation is 1. The van der Waals surface area contributed by atoms with E-state index in [1.807, 2.05) is 51.1 Å². The first kappa shape index (κ1) is 22.7. The predicted molar refractivity (Wildman–Crippen MR) is 132 cm³/mol. The number of nitriles is 1. The summed E-state index contributed by atoms with van der Waals surface area (Å²) in [5, 5.41) is 14.0. The fourth-order valence-corrected chi connectivity index (χ4v) is 4.15. The van der Waals surface area contributed by atoms with E-state index < -0.39 is 0 Å². The van der Waals surface area contributed by atoms with Crippen molar-refractivity contribution in [1.82, 2.24) is 19.1 Å². The molecule has 172 valence electrons. The number of fused-ring (bicyclic) bond motifs is 1. The molecule has 4 rings (SSSR count). The van der Waals surface area contributed by atoms with E-state index >= 15 is 0 Å². The highest BCUT2D eigenvalue weighted by Gasteiger charge is 2.21. The van der Waals surface area contributed by atoms with E-state index in [9.17, 15) is 14.9 Å². The van der Waals surface area contributed by atoms with Gasteiger partial charge in [0.05, 0.1) is 11.4 Å². The summed E-state index contributed by atoms with van der Waals surface area (Å²) in [6.07, 6.45) is 3.03. The number of aromatic nitrogens is 4. The van der Waals surface area contributed by atoms with Crippen LogP contribution in [0, 0.1) is 11.3 Å². The average molecular weight is 456 g/mol. The molecule has 0 amide bonds. The van der Waals surface area contributed by atoms with Gasteiger partial charge in [0.1, 0.15) is 29.6 Å². The second-order valence-electron chi connectivity index (χ2n) is 8.44. The second kappa shape index (κ2) is 8.83. The van der Waals surface area contributed by atoms with Gasteiger partial charge >= 0.3 is 0 Å². The normalized spacial score (nSPS) is 12.0. The zero-order valence-electron chi connectivity index (χ0n) is 19.4. The Morgan fingerprint density at radius 2 is 1.88 bits per heavy atom. The minimum Gasteiger partial charge on any atom is -0.382 e. The van der Waals surface area contributed by atoms with Crippen LogP contribution in [-0.2, 0) is 7.05 Å². The van der Waals surface area contributed by atoms with Gasteiger partial charge in [-0.1, -0.05) is 18.2 Å². The smallest absolute Gasteiger partial charge is 0.259 e. The van der Waals surface area contributed by atoms with Crippen molar-refractivity contribution in [3.63, 3.8) is 0 Å². The Bertz CT molecular complexity index is 1560. The maximum atomic E-state index is 13.8. The van der Waals surface area contributed by atoms with E-state index in [4.69, 9.17) is 5.73 Å². The number of pyridine rings is 2. The van der Waals surface area contributed by atoms with Gasteiger partial charge in [0, 0.05) is 31.0 Å². The molecule has 0 saturated heterocycles. The SMILES string of the molecule is CC(C)n1c([C@@H](C)Nc2ncnc(N)c2C#N)cc2cccc(-c3ccc(=O)n(C)c3)c2c1=O. The van der Waals surface area contributed by atoms with E-state index in [-0.39, 0.29) is 34.6 Å². The molecule has 4 aromatic rings. The van der Waals surface area contributed by atoms with Crippen LogP contribution in [0.25, 0.3) is 21.9 Å². The minimum absolute atomic E-state index is 0.0915. The van der Waals surface area contributed by atoms with E-state index in [0.29, 0.717) is 11.2 Å². The van der Waals surface area contributed by atoms with Gasteiger partial charge in [0.25, 0.3) is 5.56 Å². The molecule has 0 unspecified atom stereocenters. The van der Waals surface area contributed by atoms with Gasteiger partial charge in [-0.25, -0.2) is 9.97 Å². The highest BCUT2D eigenvalue weighted by molar-refractivity contribution is 5.96. The van der Waals surface area contributed by atoms with Crippen molar-refractivity contribution < 1.29 is 0 Å². The summed E-state index contributed by atoms with van der Waals surface area (Å²) < 4.78 is 3.23. The third kappa shape index (κ3) is 3.90.